The molecule has 0 saturated carbocycles. The Labute approximate surface area is 120 Å². The number of nitrogens with two attached hydrogens (primary N) is 1. The normalized spacial score (nSPS) is 12.1. The highest BCUT2D eigenvalue weighted by atomic mass is 16.5. The molecular weight excluding hydrogens is 250 g/mol. The molecule has 0 saturated heterocycles. The SMILES string of the molecule is COc1cccc(Oc2ccc(C)c(C)c2)c1[C@@H](C)N. The molecule has 2 N–H and O–H groups in total. The van der Waals surface area contributed by atoms with Gasteiger partial charge in [-0.15, -0.1) is 0 Å². The lowest BCUT2D eigenvalue weighted by Gasteiger charge is -2.17. The molecule has 0 radical (unpaired) electrons. The maximum absolute atomic E-state index is 6.04. The van der Waals surface area contributed by atoms with Crippen molar-refractivity contribution in [2.45, 2.75) is 26.8 Å². The van der Waals surface area contributed by atoms with Gasteiger partial charge in [0.1, 0.15) is 17.2 Å². The van der Waals surface area contributed by atoms with Crippen LogP contribution < -0.4 is 15.2 Å². The Balaban J connectivity index is 2.40. The lowest BCUT2D eigenvalue weighted by atomic mass is 10.1. The van der Waals surface area contributed by atoms with Crippen LogP contribution in [-0.2, 0) is 0 Å². The second-order valence-electron chi connectivity index (χ2n) is 5.01. The molecule has 0 bridgehead atoms. The summed E-state index contributed by atoms with van der Waals surface area (Å²) in [4.78, 5) is 0. The van der Waals surface area contributed by atoms with E-state index in [0.717, 1.165) is 22.8 Å². The highest BCUT2D eigenvalue weighted by Crippen LogP contribution is 2.35. The van der Waals surface area contributed by atoms with Crippen molar-refractivity contribution >= 4 is 0 Å². The molecule has 1 atom stereocenters. The fourth-order valence-electron chi connectivity index (χ4n) is 2.14. The van der Waals surface area contributed by atoms with E-state index < -0.39 is 0 Å². The van der Waals surface area contributed by atoms with Crippen LogP contribution in [0.2, 0.25) is 0 Å². The Kier molecular flexibility index (Phi) is 4.30. The molecule has 106 valence electrons. The Morgan fingerprint density at radius 2 is 1.70 bits per heavy atom. The number of hydrogen-bond donors (Lipinski definition) is 1. The molecular formula is C17H21NO2. The third kappa shape index (κ3) is 2.94. The molecule has 2 aromatic rings. The predicted octanol–water partition coefficient (Wildman–Crippen LogP) is 4.12. The van der Waals surface area contributed by atoms with Gasteiger partial charge in [-0.3, -0.25) is 0 Å². The third-order valence-corrected chi connectivity index (χ3v) is 3.41. The zero-order chi connectivity index (χ0) is 14.7. The number of methoxy groups -OCH3 is 1. The molecule has 0 amide bonds. The summed E-state index contributed by atoms with van der Waals surface area (Å²) in [6.07, 6.45) is 0. The summed E-state index contributed by atoms with van der Waals surface area (Å²) in [6, 6.07) is 11.6. The molecule has 3 nitrogen and oxygen atoms in total. The van der Waals surface area contributed by atoms with Gasteiger partial charge in [0.2, 0.25) is 0 Å². The van der Waals surface area contributed by atoms with Crippen LogP contribution >= 0.6 is 0 Å². The van der Waals surface area contributed by atoms with Crippen LogP contribution in [0.4, 0.5) is 0 Å². The average Bonchev–Trinajstić information content (AvgIpc) is 2.42. The molecule has 0 aromatic heterocycles. The van der Waals surface area contributed by atoms with E-state index in [1.54, 1.807) is 7.11 Å². The van der Waals surface area contributed by atoms with Gasteiger partial charge in [-0.25, -0.2) is 0 Å². The van der Waals surface area contributed by atoms with E-state index >= 15 is 0 Å². The molecule has 0 heterocycles. The zero-order valence-corrected chi connectivity index (χ0v) is 12.4. The van der Waals surface area contributed by atoms with Crippen LogP contribution in [0.15, 0.2) is 36.4 Å². The topological polar surface area (TPSA) is 44.5 Å². The molecule has 20 heavy (non-hydrogen) atoms. The Hall–Kier alpha value is -2.00. The molecule has 0 aliphatic rings. The molecule has 0 unspecified atom stereocenters. The van der Waals surface area contributed by atoms with Crippen LogP contribution in [0, 0.1) is 13.8 Å². The van der Waals surface area contributed by atoms with Gasteiger partial charge in [0.15, 0.2) is 0 Å². The van der Waals surface area contributed by atoms with Crippen LogP contribution in [0.25, 0.3) is 0 Å². The number of ether oxygens (including phenoxy) is 2. The van der Waals surface area contributed by atoms with E-state index in [-0.39, 0.29) is 6.04 Å². The van der Waals surface area contributed by atoms with Gasteiger partial charge in [0.25, 0.3) is 0 Å². The second kappa shape index (κ2) is 5.97. The summed E-state index contributed by atoms with van der Waals surface area (Å²) in [5.41, 5.74) is 9.37. The summed E-state index contributed by atoms with van der Waals surface area (Å²) in [5, 5.41) is 0. The van der Waals surface area contributed by atoms with Gasteiger partial charge >= 0.3 is 0 Å². The van der Waals surface area contributed by atoms with Gasteiger partial charge in [-0.05, 0) is 56.2 Å². The van der Waals surface area contributed by atoms with Crippen molar-refractivity contribution in [3.8, 4) is 17.2 Å². The van der Waals surface area contributed by atoms with E-state index in [9.17, 15) is 0 Å². The number of aryl methyl sites for hydroxylation is 2. The molecule has 0 fully saturated rings. The molecule has 3 heteroatoms. The van der Waals surface area contributed by atoms with Crippen molar-refractivity contribution in [3.63, 3.8) is 0 Å². The third-order valence-electron chi connectivity index (χ3n) is 3.41. The maximum Gasteiger partial charge on any atom is 0.135 e. The van der Waals surface area contributed by atoms with Gasteiger partial charge in [0, 0.05) is 6.04 Å². The van der Waals surface area contributed by atoms with E-state index in [1.165, 1.54) is 11.1 Å². The van der Waals surface area contributed by atoms with Gasteiger partial charge in [-0.2, -0.15) is 0 Å². The van der Waals surface area contributed by atoms with Gasteiger partial charge in [-0.1, -0.05) is 12.1 Å². The smallest absolute Gasteiger partial charge is 0.135 e. The number of benzene rings is 2. The molecule has 2 aromatic carbocycles. The summed E-state index contributed by atoms with van der Waals surface area (Å²) < 4.78 is 11.4. The van der Waals surface area contributed by atoms with Crippen molar-refractivity contribution in [2.75, 3.05) is 7.11 Å². The van der Waals surface area contributed by atoms with Gasteiger partial charge in [0.05, 0.1) is 12.7 Å². The minimum absolute atomic E-state index is 0.160. The zero-order valence-electron chi connectivity index (χ0n) is 12.4. The highest BCUT2D eigenvalue weighted by Gasteiger charge is 2.15. The van der Waals surface area contributed by atoms with Crippen molar-refractivity contribution in [1.82, 2.24) is 0 Å². The highest BCUT2D eigenvalue weighted by molar-refractivity contribution is 5.49. The van der Waals surface area contributed by atoms with Crippen molar-refractivity contribution in [3.05, 3.63) is 53.1 Å². The quantitative estimate of drug-likeness (QED) is 0.909. The minimum atomic E-state index is -0.160. The summed E-state index contributed by atoms with van der Waals surface area (Å²) in [5.74, 6) is 2.30. The first kappa shape index (κ1) is 14.4. The van der Waals surface area contributed by atoms with Crippen molar-refractivity contribution in [2.24, 2.45) is 5.73 Å². The second-order valence-corrected chi connectivity index (χ2v) is 5.01. The summed E-state index contributed by atoms with van der Waals surface area (Å²) in [7, 11) is 1.64. The minimum Gasteiger partial charge on any atom is -0.496 e. The van der Waals surface area contributed by atoms with Crippen molar-refractivity contribution in [1.29, 1.82) is 0 Å². The lowest BCUT2D eigenvalue weighted by molar-refractivity contribution is 0.397. The first-order valence-corrected chi connectivity index (χ1v) is 6.70. The Morgan fingerprint density at radius 1 is 1.00 bits per heavy atom. The fourth-order valence-corrected chi connectivity index (χ4v) is 2.14. The van der Waals surface area contributed by atoms with Crippen LogP contribution in [0.3, 0.4) is 0 Å². The van der Waals surface area contributed by atoms with E-state index in [2.05, 4.69) is 19.9 Å². The maximum atomic E-state index is 6.04. The lowest BCUT2D eigenvalue weighted by Crippen LogP contribution is -2.08. The summed E-state index contributed by atoms with van der Waals surface area (Å²) in [6.45, 7) is 6.07. The predicted molar refractivity (Wildman–Crippen MR) is 81.6 cm³/mol. The van der Waals surface area contributed by atoms with E-state index in [4.69, 9.17) is 15.2 Å². The first-order chi connectivity index (χ1) is 9.52. The molecule has 0 aliphatic carbocycles. The molecule has 0 spiro atoms. The van der Waals surface area contributed by atoms with Crippen LogP contribution in [0.5, 0.6) is 17.2 Å². The molecule has 0 aliphatic heterocycles. The van der Waals surface area contributed by atoms with E-state index in [1.807, 2.05) is 37.3 Å². The number of rotatable bonds is 4. The van der Waals surface area contributed by atoms with Gasteiger partial charge < -0.3 is 15.2 Å². The monoisotopic (exact) mass is 271 g/mol. The largest absolute Gasteiger partial charge is 0.496 e. The van der Waals surface area contributed by atoms with Crippen molar-refractivity contribution < 1.29 is 9.47 Å². The first-order valence-electron chi connectivity index (χ1n) is 6.70. The standard InChI is InChI=1S/C17H21NO2/c1-11-8-9-14(10-12(11)2)20-16-7-5-6-15(19-4)17(16)13(3)18/h5-10,13H,18H2,1-4H3/t13-/m1/s1. The molecule has 2 rings (SSSR count). The van der Waals surface area contributed by atoms with E-state index in [0.29, 0.717) is 0 Å². The summed E-state index contributed by atoms with van der Waals surface area (Å²) >= 11 is 0. The Morgan fingerprint density at radius 3 is 2.30 bits per heavy atom. The average molecular weight is 271 g/mol. The van der Waals surface area contributed by atoms with Crippen LogP contribution in [-0.4, -0.2) is 7.11 Å². The Bertz CT molecular complexity index is 606. The number of hydrogen-bond acceptors (Lipinski definition) is 3. The fraction of sp³-hybridized carbons (Fsp3) is 0.294. The van der Waals surface area contributed by atoms with Crippen LogP contribution in [0.1, 0.15) is 29.7 Å².